The summed E-state index contributed by atoms with van der Waals surface area (Å²) in [6.07, 6.45) is 0. The summed E-state index contributed by atoms with van der Waals surface area (Å²) < 4.78 is 0. The number of benzene rings is 1. The molecule has 1 rings (SSSR count). The maximum atomic E-state index is 3.48. The quantitative estimate of drug-likeness (QED) is 0.679. The minimum absolute atomic E-state index is 0. The number of hydrogen-bond donors (Lipinski definition) is 0. The molecule has 2 heteroatoms. The highest BCUT2D eigenvalue weighted by Gasteiger charge is 1.95. The van der Waals surface area contributed by atoms with Crippen molar-refractivity contribution in [2.75, 3.05) is 0 Å². The Bertz CT molecular complexity index is 170. The van der Waals surface area contributed by atoms with E-state index in [-0.39, 0.29) is 17.0 Å². The third-order valence-electron chi connectivity index (χ3n) is 1.26. The number of alkyl halides is 1. The second-order valence-electron chi connectivity index (χ2n) is 2.03. The molecule has 1 aromatic carbocycles. The average Bonchev–Trinajstić information content (AvgIpc) is 1.90. The average molecular weight is 266 g/mol. The lowest BCUT2D eigenvalue weighted by Gasteiger charge is -1.99. The molecule has 10 heavy (non-hydrogen) atoms. The van der Waals surface area contributed by atoms with Gasteiger partial charge >= 0.3 is 0 Å². The highest BCUT2D eigenvalue weighted by Crippen LogP contribution is 2.19. The first-order valence-electron chi connectivity index (χ1n) is 2.99. The fourth-order valence-electron chi connectivity index (χ4n) is 0.718. The van der Waals surface area contributed by atoms with Crippen LogP contribution in [0.4, 0.5) is 0 Å². The molecule has 0 fully saturated rings. The Balaban J connectivity index is 0.000000810. The summed E-state index contributed by atoms with van der Waals surface area (Å²) in [5, 5.41) is 0. The largest absolute Gasteiger partial charge is 0.114 e. The van der Waals surface area contributed by atoms with Gasteiger partial charge in [-0.05, 0) is 12.5 Å². The van der Waals surface area contributed by atoms with Gasteiger partial charge in [0.25, 0.3) is 0 Å². The van der Waals surface area contributed by atoms with E-state index < -0.39 is 0 Å². The molecule has 0 spiro atoms. The number of halogens is 2. The Morgan fingerprint density at radius 1 is 1.20 bits per heavy atom. The van der Waals surface area contributed by atoms with E-state index in [0.29, 0.717) is 4.83 Å². The molecule has 56 valence electrons. The molecule has 0 amide bonds. The van der Waals surface area contributed by atoms with Crippen molar-refractivity contribution in [1.82, 2.24) is 0 Å². The minimum atomic E-state index is 0. The van der Waals surface area contributed by atoms with E-state index in [1.54, 1.807) is 0 Å². The summed E-state index contributed by atoms with van der Waals surface area (Å²) in [4.78, 5) is 0.471. The first-order valence-corrected chi connectivity index (χ1v) is 3.91. The molecule has 0 heterocycles. The Morgan fingerprint density at radius 3 is 2.00 bits per heavy atom. The van der Waals surface area contributed by atoms with Crippen LogP contribution in [0.5, 0.6) is 0 Å². The smallest absolute Gasteiger partial charge is 0.0367 e. The van der Waals surface area contributed by atoms with Gasteiger partial charge in [0, 0.05) is 4.83 Å². The predicted octanol–water partition coefficient (Wildman–Crippen LogP) is 3.72. The molecule has 0 radical (unpaired) electrons. The number of hydrogen-bond acceptors (Lipinski definition) is 0. The van der Waals surface area contributed by atoms with Crippen LogP contribution >= 0.6 is 32.9 Å². The van der Waals surface area contributed by atoms with Crippen LogP contribution < -0.4 is 0 Å². The Labute approximate surface area is 80.5 Å². The van der Waals surface area contributed by atoms with Crippen LogP contribution in [-0.2, 0) is 0 Å². The number of rotatable bonds is 1. The van der Waals surface area contributed by atoms with Crippen molar-refractivity contribution in [3.8, 4) is 0 Å². The van der Waals surface area contributed by atoms with Gasteiger partial charge in [0.05, 0.1) is 0 Å². The molecule has 0 nitrogen and oxygen atoms in total. The van der Waals surface area contributed by atoms with Gasteiger partial charge in [0.2, 0.25) is 0 Å². The highest BCUT2D eigenvalue weighted by molar-refractivity contribution is 9.09. The minimum Gasteiger partial charge on any atom is -0.114 e. The normalized spacial score (nSPS) is 11.8. The molecule has 1 aromatic rings. The summed E-state index contributed by atoms with van der Waals surface area (Å²) in [7, 11) is 0. The van der Waals surface area contributed by atoms with E-state index in [9.17, 15) is 0 Å². The summed E-state index contributed by atoms with van der Waals surface area (Å²) in [6, 6.07) is 10.3. The summed E-state index contributed by atoms with van der Waals surface area (Å²) in [6.45, 7) is 2.12. The van der Waals surface area contributed by atoms with Crippen LogP contribution in [0.15, 0.2) is 30.3 Å². The Kier molecular flexibility index (Phi) is 5.00. The molecule has 0 N–H and O–H groups in total. The third-order valence-corrected chi connectivity index (χ3v) is 1.79. The highest BCUT2D eigenvalue weighted by atomic mass is 79.9. The zero-order valence-electron chi connectivity index (χ0n) is 5.75. The summed E-state index contributed by atoms with van der Waals surface area (Å²) in [5.74, 6) is 0. The van der Waals surface area contributed by atoms with Crippen LogP contribution in [0.1, 0.15) is 17.3 Å². The first-order chi connectivity index (χ1) is 4.30. The van der Waals surface area contributed by atoms with Crippen LogP contribution in [0.2, 0.25) is 0 Å². The van der Waals surface area contributed by atoms with Crippen molar-refractivity contribution in [3.05, 3.63) is 35.9 Å². The van der Waals surface area contributed by atoms with Gasteiger partial charge in [-0.3, -0.25) is 0 Å². The van der Waals surface area contributed by atoms with Crippen LogP contribution in [0, 0.1) is 0 Å². The van der Waals surface area contributed by atoms with E-state index >= 15 is 0 Å². The van der Waals surface area contributed by atoms with Crippen LogP contribution in [-0.4, -0.2) is 0 Å². The van der Waals surface area contributed by atoms with Gasteiger partial charge < -0.3 is 0 Å². The first kappa shape index (κ1) is 10.2. The molecule has 1 atom stereocenters. The fraction of sp³-hybridized carbons (Fsp3) is 0.250. The van der Waals surface area contributed by atoms with Gasteiger partial charge in [-0.15, -0.1) is 17.0 Å². The zero-order chi connectivity index (χ0) is 6.69. The Hall–Kier alpha value is 0.180. The van der Waals surface area contributed by atoms with Crippen LogP contribution in [0.25, 0.3) is 0 Å². The molecular weight excluding hydrogens is 256 g/mol. The monoisotopic (exact) mass is 264 g/mol. The lowest BCUT2D eigenvalue weighted by Crippen LogP contribution is -1.79. The van der Waals surface area contributed by atoms with Gasteiger partial charge in [-0.25, -0.2) is 0 Å². The molecule has 0 aliphatic heterocycles. The molecule has 0 bridgehead atoms. The second kappa shape index (κ2) is 4.91. The molecule has 0 aromatic heterocycles. The standard InChI is InChI=1S/C8H9Br.BrH/c1-7(9)8-5-3-2-4-6-8;/h2-7H,1H3;1H. The molecule has 1 unspecified atom stereocenters. The topological polar surface area (TPSA) is 0 Å². The maximum Gasteiger partial charge on any atom is 0.0367 e. The molecule has 0 aliphatic carbocycles. The lowest BCUT2D eigenvalue weighted by molar-refractivity contribution is 1.12. The lowest BCUT2D eigenvalue weighted by atomic mass is 10.2. The second-order valence-corrected chi connectivity index (χ2v) is 3.40. The van der Waals surface area contributed by atoms with Crippen molar-refractivity contribution in [3.63, 3.8) is 0 Å². The molecule has 0 aliphatic rings. The molecular formula is C8H10Br2. The predicted molar refractivity (Wildman–Crippen MR) is 54.1 cm³/mol. The zero-order valence-corrected chi connectivity index (χ0v) is 9.05. The van der Waals surface area contributed by atoms with E-state index in [2.05, 4.69) is 35.0 Å². The summed E-state index contributed by atoms with van der Waals surface area (Å²) in [5.41, 5.74) is 1.33. The third kappa shape index (κ3) is 2.84. The van der Waals surface area contributed by atoms with Gasteiger partial charge in [0.15, 0.2) is 0 Å². The van der Waals surface area contributed by atoms with Crippen molar-refractivity contribution >= 4 is 32.9 Å². The maximum absolute atomic E-state index is 3.48. The van der Waals surface area contributed by atoms with E-state index in [0.717, 1.165) is 0 Å². The van der Waals surface area contributed by atoms with Gasteiger partial charge in [0.1, 0.15) is 0 Å². The van der Waals surface area contributed by atoms with Crippen molar-refractivity contribution in [1.29, 1.82) is 0 Å². The van der Waals surface area contributed by atoms with E-state index in [4.69, 9.17) is 0 Å². The fourth-order valence-corrected chi connectivity index (χ4v) is 1.02. The Morgan fingerprint density at radius 2 is 1.70 bits per heavy atom. The molecule has 0 saturated carbocycles. The summed E-state index contributed by atoms with van der Waals surface area (Å²) >= 11 is 3.48. The van der Waals surface area contributed by atoms with Gasteiger partial charge in [-0.2, -0.15) is 0 Å². The van der Waals surface area contributed by atoms with Crippen molar-refractivity contribution < 1.29 is 0 Å². The van der Waals surface area contributed by atoms with Crippen molar-refractivity contribution in [2.45, 2.75) is 11.8 Å². The SMILES string of the molecule is Br.CC(Br)c1ccccc1. The van der Waals surface area contributed by atoms with Crippen LogP contribution in [0.3, 0.4) is 0 Å². The van der Waals surface area contributed by atoms with Crippen molar-refractivity contribution in [2.24, 2.45) is 0 Å². The van der Waals surface area contributed by atoms with Gasteiger partial charge in [-0.1, -0.05) is 46.3 Å². The molecule has 0 saturated heterocycles. The van der Waals surface area contributed by atoms with E-state index in [1.807, 2.05) is 18.2 Å². The van der Waals surface area contributed by atoms with E-state index in [1.165, 1.54) is 5.56 Å².